The summed E-state index contributed by atoms with van der Waals surface area (Å²) >= 11 is 0. The average molecular weight is 242 g/mol. The molecule has 18 heavy (non-hydrogen) atoms. The van der Waals surface area contributed by atoms with Crippen LogP contribution in [0.15, 0.2) is 42.7 Å². The fourth-order valence-electron chi connectivity index (χ4n) is 1.68. The lowest BCUT2D eigenvalue weighted by atomic mass is 10.2. The van der Waals surface area contributed by atoms with Crippen LogP contribution in [0.2, 0.25) is 0 Å². The zero-order chi connectivity index (χ0) is 12.8. The molecule has 0 radical (unpaired) electrons. The summed E-state index contributed by atoms with van der Waals surface area (Å²) < 4.78 is 0. The summed E-state index contributed by atoms with van der Waals surface area (Å²) in [6, 6.07) is 12.4. The molecule has 0 amide bonds. The molecule has 0 fully saturated rings. The van der Waals surface area contributed by atoms with Crippen LogP contribution in [-0.2, 0) is 0 Å². The predicted octanol–water partition coefficient (Wildman–Crippen LogP) is 2.70. The Kier molecular flexibility index (Phi) is 4.12. The second-order valence-corrected chi connectivity index (χ2v) is 4.34. The quantitative estimate of drug-likeness (QED) is 0.846. The summed E-state index contributed by atoms with van der Waals surface area (Å²) in [5, 5.41) is 6.71. The molecule has 94 valence electrons. The Hall–Kier alpha value is -2.10. The maximum absolute atomic E-state index is 4.17. The highest BCUT2D eigenvalue weighted by molar-refractivity contribution is 5.44. The number of aromatic nitrogens is 2. The normalized spacial score (nSPS) is 11.9. The van der Waals surface area contributed by atoms with Crippen molar-refractivity contribution < 1.29 is 0 Å². The van der Waals surface area contributed by atoms with Gasteiger partial charge < -0.3 is 10.6 Å². The molecule has 0 saturated heterocycles. The number of aryl methyl sites for hydroxylation is 1. The average Bonchev–Trinajstić information content (AvgIpc) is 2.38. The van der Waals surface area contributed by atoms with Crippen molar-refractivity contribution in [3.8, 4) is 0 Å². The molecule has 0 aliphatic heterocycles. The van der Waals surface area contributed by atoms with E-state index in [1.165, 1.54) is 0 Å². The smallest absolute Gasteiger partial charge is 0.129 e. The van der Waals surface area contributed by atoms with Crippen LogP contribution >= 0.6 is 0 Å². The van der Waals surface area contributed by atoms with E-state index in [2.05, 4.69) is 39.7 Å². The summed E-state index contributed by atoms with van der Waals surface area (Å²) in [6.07, 6.45) is 1.58. The number of para-hydroxylation sites is 1. The second kappa shape index (κ2) is 6.00. The van der Waals surface area contributed by atoms with E-state index >= 15 is 0 Å². The van der Waals surface area contributed by atoms with Gasteiger partial charge in [0.25, 0.3) is 0 Å². The maximum atomic E-state index is 4.17. The molecule has 0 aliphatic carbocycles. The van der Waals surface area contributed by atoms with Gasteiger partial charge >= 0.3 is 0 Å². The summed E-state index contributed by atoms with van der Waals surface area (Å²) in [4.78, 5) is 8.24. The number of hydrogen-bond donors (Lipinski definition) is 2. The molecule has 4 nitrogen and oxygen atoms in total. The van der Waals surface area contributed by atoms with Gasteiger partial charge in [0.05, 0.1) is 0 Å². The molecule has 0 bridgehead atoms. The van der Waals surface area contributed by atoms with Gasteiger partial charge in [0.2, 0.25) is 0 Å². The van der Waals surface area contributed by atoms with Crippen molar-refractivity contribution in [3.63, 3.8) is 0 Å². The van der Waals surface area contributed by atoms with Gasteiger partial charge in [-0.05, 0) is 26.0 Å². The van der Waals surface area contributed by atoms with E-state index in [1.54, 1.807) is 6.33 Å². The fourth-order valence-corrected chi connectivity index (χ4v) is 1.68. The molecule has 2 rings (SSSR count). The molecule has 1 atom stereocenters. The third kappa shape index (κ3) is 3.73. The van der Waals surface area contributed by atoms with Crippen molar-refractivity contribution in [3.05, 3.63) is 48.4 Å². The Morgan fingerprint density at radius 3 is 2.67 bits per heavy atom. The van der Waals surface area contributed by atoms with Crippen molar-refractivity contribution in [2.24, 2.45) is 0 Å². The number of nitrogens with one attached hydrogen (secondary N) is 2. The Bertz CT molecular complexity index is 484. The highest BCUT2D eigenvalue weighted by Crippen LogP contribution is 2.08. The van der Waals surface area contributed by atoms with Gasteiger partial charge in [-0.25, -0.2) is 9.97 Å². The Labute approximate surface area is 107 Å². The molecule has 0 saturated carbocycles. The van der Waals surface area contributed by atoms with E-state index in [1.807, 2.05) is 31.2 Å². The molecule has 1 aromatic heterocycles. The lowest BCUT2D eigenvalue weighted by Crippen LogP contribution is -2.25. The second-order valence-electron chi connectivity index (χ2n) is 4.34. The maximum Gasteiger partial charge on any atom is 0.129 e. The predicted molar refractivity (Wildman–Crippen MR) is 74.8 cm³/mol. The van der Waals surface area contributed by atoms with E-state index in [-0.39, 0.29) is 0 Å². The van der Waals surface area contributed by atoms with Crippen LogP contribution in [0.4, 0.5) is 11.5 Å². The van der Waals surface area contributed by atoms with Crippen molar-refractivity contribution in [1.82, 2.24) is 9.97 Å². The van der Waals surface area contributed by atoms with Crippen LogP contribution in [0, 0.1) is 6.92 Å². The lowest BCUT2D eigenvalue weighted by Gasteiger charge is -2.16. The molecule has 2 N–H and O–H groups in total. The molecule has 2 aromatic rings. The van der Waals surface area contributed by atoms with E-state index in [4.69, 9.17) is 0 Å². The first kappa shape index (κ1) is 12.4. The molecular weight excluding hydrogens is 224 g/mol. The SMILES string of the molecule is Cc1cc(NCC(C)Nc2ccccc2)ncn1. The van der Waals surface area contributed by atoms with E-state index in [0.29, 0.717) is 6.04 Å². The van der Waals surface area contributed by atoms with Gasteiger partial charge in [0, 0.05) is 30.0 Å². The van der Waals surface area contributed by atoms with E-state index in [0.717, 1.165) is 23.7 Å². The highest BCUT2D eigenvalue weighted by atomic mass is 15.0. The van der Waals surface area contributed by atoms with Gasteiger partial charge in [-0.1, -0.05) is 18.2 Å². The minimum Gasteiger partial charge on any atom is -0.381 e. The number of nitrogens with zero attached hydrogens (tertiary/aromatic N) is 2. The van der Waals surface area contributed by atoms with Crippen LogP contribution in [0.1, 0.15) is 12.6 Å². The first-order valence-electron chi connectivity index (χ1n) is 6.08. The zero-order valence-electron chi connectivity index (χ0n) is 10.7. The van der Waals surface area contributed by atoms with Crippen LogP contribution in [0.25, 0.3) is 0 Å². The molecule has 4 heteroatoms. The number of anilines is 2. The number of rotatable bonds is 5. The van der Waals surface area contributed by atoms with E-state index in [9.17, 15) is 0 Å². The first-order valence-corrected chi connectivity index (χ1v) is 6.08. The first-order chi connectivity index (χ1) is 8.74. The van der Waals surface area contributed by atoms with Gasteiger partial charge in [-0.3, -0.25) is 0 Å². The van der Waals surface area contributed by atoms with Crippen molar-refractivity contribution >= 4 is 11.5 Å². The summed E-state index contributed by atoms with van der Waals surface area (Å²) in [5.41, 5.74) is 2.10. The van der Waals surface area contributed by atoms with Crippen LogP contribution < -0.4 is 10.6 Å². The third-order valence-corrected chi connectivity index (χ3v) is 2.58. The zero-order valence-corrected chi connectivity index (χ0v) is 10.7. The molecule has 0 aliphatic rings. The van der Waals surface area contributed by atoms with Crippen molar-refractivity contribution in [1.29, 1.82) is 0 Å². The van der Waals surface area contributed by atoms with Gasteiger partial charge in [0.1, 0.15) is 12.1 Å². The summed E-state index contributed by atoms with van der Waals surface area (Å²) in [7, 11) is 0. The van der Waals surface area contributed by atoms with Crippen LogP contribution in [0.3, 0.4) is 0 Å². The molecular formula is C14H18N4. The largest absolute Gasteiger partial charge is 0.381 e. The topological polar surface area (TPSA) is 49.8 Å². The van der Waals surface area contributed by atoms with Crippen LogP contribution in [-0.4, -0.2) is 22.6 Å². The Morgan fingerprint density at radius 2 is 1.94 bits per heavy atom. The number of hydrogen-bond acceptors (Lipinski definition) is 4. The number of benzene rings is 1. The Morgan fingerprint density at radius 1 is 1.17 bits per heavy atom. The highest BCUT2D eigenvalue weighted by Gasteiger charge is 2.02. The lowest BCUT2D eigenvalue weighted by molar-refractivity contribution is 0.830. The van der Waals surface area contributed by atoms with Crippen molar-refractivity contribution in [2.75, 3.05) is 17.2 Å². The van der Waals surface area contributed by atoms with Gasteiger partial charge in [-0.15, -0.1) is 0 Å². The third-order valence-electron chi connectivity index (χ3n) is 2.58. The van der Waals surface area contributed by atoms with Gasteiger partial charge in [-0.2, -0.15) is 0 Å². The van der Waals surface area contributed by atoms with Gasteiger partial charge in [0.15, 0.2) is 0 Å². The standard InChI is InChI=1S/C14H18N4/c1-11-8-14(17-10-16-11)15-9-12(2)18-13-6-4-3-5-7-13/h3-8,10,12,18H,9H2,1-2H3,(H,15,16,17). The van der Waals surface area contributed by atoms with E-state index < -0.39 is 0 Å². The summed E-state index contributed by atoms with van der Waals surface area (Å²) in [5.74, 6) is 0.865. The molecule has 0 spiro atoms. The minimum atomic E-state index is 0.322. The monoisotopic (exact) mass is 242 g/mol. The fraction of sp³-hybridized carbons (Fsp3) is 0.286. The minimum absolute atomic E-state index is 0.322. The van der Waals surface area contributed by atoms with Crippen molar-refractivity contribution in [2.45, 2.75) is 19.9 Å². The Balaban J connectivity index is 1.83. The molecule has 1 unspecified atom stereocenters. The molecule has 1 aromatic carbocycles. The van der Waals surface area contributed by atoms with Crippen LogP contribution in [0.5, 0.6) is 0 Å². The summed E-state index contributed by atoms with van der Waals surface area (Å²) in [6.45, 7) is 4.90. The molecule has 1 heterocycles.